The first kappa shape index (κ1) is 16.7. The lowest BCUT2D eigenvalue weighted by Crippen LogP contribution is -2.21. The molecule has 2 aromatic rings. The smallest absolute Gasteiger partial charge is 0.225 e. The van der Waals surface area contributed by atoms with E-state index in [1.807, 2.05) is 0 Å². The fraction of sp³-hybridized carbons (Fsp3) is 0.188. The maximum Gasteiger partial charge on any atom is 0.225 e. The fourth-order valence-corrected chi connectivity index (χ4v) is 2.13. The zero-order valence-corrected chi connectivity index (χ0v) is 13.2. The van der Waals surface area contributed by atoms with Gasteiger partial charge in [-0.25, -0.2) is 4.39 Å². The van der Waals surface area contributed by atoms with E-state index >= 15 is 0 Å². The minimum absolute atomic E-state index is 0.120. The molecule has 0 aliphatic rings. The summed E-state index contributed by atoms with van der Waals surface area (Å²) in [6.07, 6.45) is 0.321. The monoisotopic (exact) mass is 340 g/mol. The van der Waals surface area contributed by atoms with Gasteiger partial charge in [0, 0.05) is 25.2 Å². The van der Waals surface area contributed by atoms with Crippen molar-refractivity contribution in [2.45, 2.75) is 13.0 Å². The normalized spacial score (nSPS) is 10.5. The molecular weight excluding hydrogens is 326 g/mol. The summed E-state index contributed by atoms with van der Waals surface area (Å²) in [6.45, 7) is 1.10. The second-order valence-corrected chi connectivity index (χ2v) is 5.54. The lowest BCUT2D eigenvalue weighted by Gasteiger charge is -2.07. The summed E-state index contributed by atoms with van der Waals surface area (Å²) in [5, 5.41) is 6.71. The van der Waals surface area contributed by atoms with Crippen LogP contribution >= 0.6 is 23.2 Å². The average molecular weight is 341 g/mol. The molecule has 0 bridgehead atoms. The van der Waals surface area contributed by atoms with Gasteiger partial charge in [-0.05, 0) is 35.9 Å². The third-order valence-electron chi connectivity index (χ3n) is 2.97. The Morgan fingerprint density at radius 2 is 1.77 bits per heavy atom. The molecule has 2 aromatic carbocycles. The van der Waals surface area contributed by atoms with Crippen LogP contribution in [-0.4, -0.2) is 12.5 Å². The van der Waals surface area contributed by atoms with Gasteiger partial charge in [-0.3, -0.25) is 4.79 Å². The van der Waals surface area contributed by atoms with E-state index in [0.29, 0.717) is 35.2 Å². The molecule has 0 atom stereocenters. The standard InChI is InChI=1S/C16H15Cl2FN2O/c17-14-6-5-13(9-15(14)18)21-16(22)7-8-20-10-11-1-3-12(19)4-2-11/h1-6,9,20H,7-8,10H2,(H,21,22). The van der Waals surface area contributed by atoms with Crippen molar-refractivity contribution in [1.82, 2.24) is 5.32 Å². The first-order valence-corrected chi connectivity index (χ1v) is 7.50. The van der Waals surface area contributed by atoms with Crippen molar-refractivity contribution in [3.63, 3.8) is 0 Å². The van der Waals surface area contributed by atoms with Gasteiger partial charge < -0.3 is 10.6 Å². The lowest BCUT2D eigenvalue weighted by atomic mass is 10.2. The minimum atomic E-state index is -0.259. The number of carbonyl (C=O) groups is 1. The molecule has 116 valence electrons. The van der Waals surface area contributed by atoms with Crippen molar-refractivity contribution >= 4 is 34.8 Å². The number of nitrogens with one attached hydrogen (secondary N) is 2. The zero-order valence-electron chi connectivity index (χ0n) is 11.7. The molecule has 22 heavy (non-hydrogen) atoms. The van der Waals surface area contributed by atoms with Crippen molar-refractivity contribution in [2.75, 3.05) is 11.9 Å². The number of rotatable bonds is 6. The Hall–Kier alpha value is -1.62. The Bertz CT molecular complexity index is 647. The Morgan fingerprint density at radius 1 is 1.05 bits per heavy atom. The summed E-state index contributed by atoms with van der Waals surface area (Å²) in [7, 11) is 0. The molecule has 0 radical (unpaired) electrons. The van der Waals surface area contributed by atoms with E-state index in [-0.39, 0.29) is 11.7 Å². The molecule has 0 aliphatic heterocycles. The summed E-state index contributed by atoms with van der Waals surface area (Å²) in [4.78, 5) is 11.8. The van der Waals surface area contributed by atoms with Crippen LogP contribution in [0.15, 0.2) is 42.5 Å². The van der Waals surface area contributed by atoms with Gasteiger partial charge in [-0.1, -0.05) is 35.3 Å². The average Bonchev–Trinajstić information content (AvgIpc) is 2.49. The predicted molar refractivity (Wildman–Crippen MR) is 87.8 cm³/mol. The SMILES string of the molecule is O=C(CCNCc1ccc(F)cc1)Nc1ccc(Cl)c(Cl)c1. The molecule has 0 heterocycles. The predicted octanol–water partition coefficient (Wildman–Crippen LogP) is 4.25. The third-order valence-corrected chi connectivity index (χ3v) is 3.71. The number of halogens is 3. The van der Waals surface area contributed by atoms with Gasteiger partial charge in [0.15, 0.2) is 0 Å². The van der Waals surface area contributed by atoms with Gasteiger partial charge >= 0.3 is 0 Å². The molecule has 0 aromatic heterocycles. The Kier molecular flexibility index (Phi) is 6.19. The fourth-order valence-electron chi connectivity index (χ4n) is 1.83. The Morgan fingerprint density at radius 3 is 2.45 bits per heavy atom. The van der Waals surface area contributed by atoms with Crippen LogP contribution in [0, 0.1) is 5.82 Å². The van der Waals surface area contributed by atoms with E-state index in [9.17, 15) is 9.18 Å². The highest BCUT2D eigenvalue weighted by molar-refractivity contribution is 6.42. The number of hydrogen-bond acceptors (Lipinski definition) is 2. The van der Waals surface area contributed by atoms with Gasteiger partial charge in [0.2, 0.25) is 5.91 Å². The van der Waals surface area contributed by atoms with Crippen LogP contribution in [0.3, 0.4) is 0 Å². The van der Waals surface area contributed by atoms with Crippen molar-refractivity contribution < 1.29 is 9.18 Å². The highest BCUT2D eigenvalue weighted by atomic mass is 35.5. The van der Waals surface area contributed by atoms with Crippen molar-refractivity contribution in [2.24, 2.45) is 0 Å². The summed E-state index contributed by atoms with van der Waals surface area (Å²) in [5.74, 6) is -0.380. The molecule has 0 unspecified atom stereocenters. The maximum absolute atomic E-state index is 12.8. The van der Waals surface area contributed by atoms with Crippen molar-refractivity contribution in [3.8, 4) is 0 Å². The van der Waals surface area contributed by atoms with Crippen LogP contribution in [0.25, 0.3) is 0 Å². The first-order chi connectivity index (χ1) is 10.5. The van der Waals surface area contributed by atoms with E-state index in [0.717, 1.165) is 5.56 Å². The third kappa shape index (κ3) is 5.30. The summed E-state index contributed by atoms with van der Waals surface area (Å²) in [6, 6.07) is 11.2. The number of carbonyl (C=O) groups excluding carboxylic acids is 1. The molecule has 0 fully saturated rings. The topological polar surface area (TPSA) is 41.1 Å². The van der Waals surface area contributed by atoms with E-state index < -0.39 is 0 Å². The summed E-state index contributed by atoms with van der Waals surface area (Å²) in [5.41, 5.74) is 1.57. The second-order valence-electron chi connectivity index (χ2n) is 4.73. The van der Waals surface area contributed by atoms with E-state index in [4.69, 9.17) is 23.2 Å². The molecule has 0 aliphatic carbocycles. The highest BCUT2D eigenvalue weighted by Crippen LogP contribution is 2.24. The lowest BCUT2D eigenvalue weighted by molar-refractivity contribution is -0.116. The van der Waals surface area contributed by atoms with E-state index in [2.05, 4.69) is 10.6 Å². The van der Waals surface area contributed by atoms with Gasteiger partial charge in [-0.15, -0.1) is 0 Å². The number of hydrogen-bond donors (Lipinski definition) is 2. The van der Waals surface area contributed by atoms with Crippen LogP contribution < -0.4 is 10.6 Å². The summed E-state index contributed by atoms with van der Waals surface area (Å²) >= 11 is 11.7. The van der Waals surface area contributed by atoms with Gasteiger partial charge in [0.25, 0.3) is 0 Å². The first-order valence-electron chi connectivity index (χ1n) is 6.74. The Labute approximate surface area is 138 Å². The van der Waals surface area contributed by atoms with Crippen LogP contribution in [0.2, 0.25) is 10.0 Å². The van der Waals surface area contributed by atoms with Crippen LogP contribution in [0.5, 0.6) is 0 Å². The molecule has 3 nitrogen and oxygen atoms in total. The molecular formula is C16H15Cl2FN2O. The van der Waals surface area contributed by atoms with Gasteiger partial charge in [0.1, 0.15) is 5.82 Å². The zero-order chi connectivity index (χ0) is 15.9. The van der Waals surface area contributed by atoms with E-state index in [1.54, 1.807) is 30.3 Å². The molecule has 0 spiro atoms. The van der Waals surface area contributed by atoms with Gasteiger partial charge in [-0.2, -0.15) is 0 Å². The largest absolute Gasteiger partial charge is 0.326 e. The molecule has 0 saturated heterocycles. The van der Waals surface area contributed by atoms with Gasteiger partial charge in [0.05, 0.1) is 10.0 Å². The number of benzene rings is 2. The minimum Gasteiger partial charge on any atom is -0.326 e. The molecule has 2 N–H and O–H groups in total. The van der Waals surface area contributed by atoms with Crippen LogP contribution in [-0.2, 0) is 11.3 Å². The molecule has 1 amide bonds. The quantitative estimate of drug-likeness (QED) is 0.771. The van der Waals surface area contributed by atoms with Crippen LogP contribution in [0.4, 0.5) is 10.1 Å². The van der Waals surface area contributed by atoms with Crippen molar-refractivity contribution in [1.29, 1.82) is 0 Å². The second kappa shape index (κ2) is 8.13. The molecule has 0 saturated carbocycles. The van der Waals surface area contributed by atoms with Crippen molar-refractivity contribution in [3.05, 3.63) is 63.9 Å². The number of anilines is 1. The number of amides is 1. The summed E-state index contributed by atoms with van der Waals surface area (Å²) < 4.78 is 12.8. The highest BCUT2D eigenvalue weighted by Gasteiger charge is 2.04. The molecule has 2 rings (SSSR count). The Balaban J connectivity index is 1.71. The van der Waals surface area contributed by atoms with E-state index in [1.165, 1.54) is 12.1 Å². The van der Waals surface area contributed by atoms with Crippen LogP contribution in [0.1, 0.15) is 12.0 Å². The maximum atomic E-state index is 12.8. The molecule has 6 heteroatoms.